The van der Waals surface area contributed by atoms with Crippen LogP contribution in [0, 0.1) is 0 Å². The Kier molecular flexibility index (Phi) is 5.27. The molecule has 0 radical (unpaired) electrons. The van der Waals surface area contributed by atoms with Gasteiger partial charge in [0, 0.05) is 57.9 Å². The minimum absolute atomic E-state index is 0.0748. The van der Waals surface area contributed by atoms with E-state index < -0.39 is 0 Å². The summed E-state index contributed by atoms with van der Waals surface area (Å²) in [5, 5.41) is 9.48. The molecule has 6 heteroatoms. The first-order valence-corrected chi connectivity index (χ1v) is 8.37. The Hall–Kier alpha value is -2.18. The van der Waals surface area contributed by atoms with Crippen LogP contribution in [0.25, 0.3) is 0 Å². The second-order valence-electron chi connectivity index (χ2n) is 6.32. The van der Waals surface area contributed by atoms with Crippen molar-refractivity contribution in [1.82, 2.24) is 19.4 Å². The van der Waals surface area contributed by atoms with Gasteiger partial charge in [-0.05, 0) is 36.8 Å². The van der Waals surface area contributed by atoms with Crippen molar-refractivity contribution in [3.8, 4) is 0 Å². The molecule has 0 saturated carbocycles. The van der Waals surface area contributed by atoms with Crippen LogP contribution in [0.4, 0.5) is 0 Å². The van der Waals surface area contributed by atoms with Gasteiger partial charge in [0.2, 0.25) is 0 Å². The van der Waals surface area contributed by atoms with Gasteiger partial charge in [0.1, 0.15) is 5.69 Å². The third-order valence-corrected chi connectivity index (χ3v) is 4.33. The zero-order valence-electron chi connectivity index (χ0n) is 14.0. The maximum absolute atomic E-state index is 12.8. The molecule has 24 heavy (non-hydrogen) atoms. The summed E-state index contributed by atoms with van der Waals surface area (Å²) in [5.74, 6) is 0.0748. The van der Waals surface area contributed by atoms with Crippen LogP contribution in [0.15, 0.2) is 42.9 Å². The first-order chi connectivity index (χ1) is 11.6. The van der Waals surface area contributed by atoms with Gasteiger partial charge < -0.3 is 14.6 Å². The smallest absolute Gasteiger partial charge is 0.270 e. The fraction of sp³-hybridized carbons (Fsp3) is 0.444. The van der Waals surface area contributed by atoms with E-state index in [1.807, 2.05) is 39.9 Å². The summed E-state index contributed by atoms with van der Waals surface area (Å²) >= 11 is 0. The number of carbonyl (C=O) groups excluding carboxylic acids is 1. The zero-order valence-corrected chi connectivity index (χ0v) is 14.0. The number of nitrogens with zero attached hydrogens (tertiary/aromatic N) is 4. The van der Waals surface area contributed by atoms with Gasteiger partial charge in [0.25, 0.3) is 5.91 Å². The predicted octanol–water partition coefficient (Wildman–Crippen LogP) is 1.07. The van der Waals surface area contributed by atoms with E-state index >= 15 is 0 Å². The molecule has 1 amide bonds. The van der Waals surface area contributed by atoms with E-state index in [1.165, 1.54) is 0 Å². The van der Waals surface area contributed by atoms with Crippen LogP contribution in [0.1, 0.15) is 23.0 Å². The lowest BCUT2D eigenvalue weighted by Crippen LogP contribution is -2.50. The summed E-state index contributed by atoms with van der Waals surface area (Å²) in [6, 6.07) is 7.72. The molecule has 0 aromatic carbocycles. The van der Waals surface area contributed by atoms with Crippen LogP contribution in [0.3, 0.4) is 0 Å². The SMILES string of the molecule is CC(O)CN1CCN(C(=O)c2cccn2Cc2ccncc2)CC1. The van der Waals surface area contributed by atoms with Gasteiger partial charge in [-0.3, -0.25) is 14.7 Å². The number of aliphatic hydroxyl groups excluding tert-OH is 1. The Balaban J connectivity index is 1.63. The average molecular weight is 328 g/mol. The van der Waals surface area contributed by atoms with E-state index in [4.69, 9.17) is 0 Å². The number of hydrogen-bond donors (Lipinski definition) is 1. The fourth-order valence-electron chi connectivity index (χ4n) is 3.10. The maximum Gasteiger partial charge on any atom is 0.270 e. The van der Waals surface area contributed by atoms with E-state index in [1.54, 1.807) is 19.3 Å². The summed E-state index contributed by atoms with van der Waals surface area (Å²) in [7, 11) is 0. The Morgan fingerprint density at radius 3 is 2.58 bits per heavy atom. The number of rotatable bonds is 5. The standard InChI is InChI=1S/C18H24N4O2/c1-15(23)13-20-9-11-21(12-10-20)18(24)17-3-2-8-22(17)14-16-4-6-19-7-5-16/h2-8,15,23H,9-14H2,1H3. The van der Waals surface area contributed by atoms with Crippen molar-refractivity contribution in [2.24, 2.45) is 0 Å². The van der Waals surface area contributed by atoms with Gasteiger partial charge in [0.15, 0.2) is 0 Å². The molecular weight excluding hydrogens is 304 g/mol. The number of piperazine rings is 1. The van der Waals surface area contributed by atoms with Crippen molar-refractivity contribution in [1.29, 1.82) is 0 Å². The molecule has 128 valence electrons. The highest BCUT2D eigenvalue weighted by Crippen LogP contribution is 2.12. The molecule has 1 aliphatic heterocycles. The van der Waals surface area contributed by atoms with Gasteiger partial charge in [-0.1, -0.05) is 0 Å². The van der Waals surface area contributed by atoms with Crippen LogP contribution in [-0.4, -0.2) is 69.2 Å². The van der Waals surface area contributed by atoms with Gasteiger partial charge in [-0.2, -0.15) is 0 Å². The molecule has 2 aromatic rings. The van der Waals surface area contributed by atoms with Gasteiger partial charge in [0.05, 0.1) is 6.10 Å². The third-order valence-electron chi connectivity index (χ3n) is 4.33. The lowest BCUT2D eigenvalue weighted by atomic mass is 10.2. The molecule has 0 aliphatic carbocycles. The first kappa shape index (κ1) is 16.7. The van der Waals surface area contributed by atoms with Crippen molar-refractivity contribution in [2.45, 2.75) is 19.6 Å². The predicted molar refractivity (Wildman–Crippen MR) is 91.8 cm³/mol. The quantitative estimate of drug-likeness (QED) is 0.892. The van der Waals surface area contributed by atoms with Crippen LogP contribution in [0.5, 0.6) is 0 Å². The van der Waals surface area contributed by atoms with E-state index in [0.717, 1.165) is 24.3 Å². The Morgan fingerprint density at radius 1 is 1.21 bits per heavy atom. The molecule has 1 N–H and O–H groups in total. The van der Waals surface area contributed by atoms with Crippen molar-refractivity contribution < 1.29 is 9.90 Å². The number of aromatic nitrogens is 2. The molecule has 6 nitrogen and oxygen atoms in total. The molecule has 1 saturated heterocycles. The topological polar surface area (TPSA) is 61.6 Å². The monoisotopic (exact) mass is 328 g/mol. The van der Waals surface area contributed by atoms with Gasteiger partial charge >= 0.3 is 0 Å². The molecular formula is C18H24N4O2. The highest BCUT2D eigenvalue weighted by atomic mass is 16.3. The van der Waals surface area contributed by atoms with E-state index in [2.05, 4.69) is 9.88 Å². The van der Waals surface area contributed by atoms with Crippen LogP contribution in [-0.2, 0) is 6.54 Å². The lowest BCUT2D eigenvalue weighted by molar-refractivity contribution is 0.0545. The summed E-state index contributed by atoms with van der Waals surface area (Å²) in [4.78, 5) is 21.0. The fourth-order valence-corrected chi connectivity index (χ4v) is 3.10. The normalized spacial score (nSPS) is 17.0. The van der Waals surface area contributed by atoms with Crippen molar-refractivity contribution >= 4 is 5.91 Å². The largest absolute Gasteiger partial charge is 0.392 e. The minimum Gasteiger partial charge on any atom is -0.392 e. The summed E-state index contributed by atoms with van der Waals surface area (Å²) in [5.41, 5.74) is 1.84. The van der Waals surface area contributed by atoms with Crippen LogP contribution in [0.2, 0.25) is 0 Å². The average Bonchev–Trinajstić information content (AvgIpc) is 3.03. The van der Waals surface area contributed by atoms with Crippen molar-refractivity contribution in [2.75, 3.05) is 32.7 Å². The van der Waals surface area contributed by atoms with Crippen LogP contribution >= 0.6 is 0 Å². The highest BCUT2D eigenvalue weighted by Gasteiger charge is 2.24. The highest BCUT2D eigenvalue weighted by molar-refractivity contribution is 5.92. The molecule has 0 spiro atoms. The second kappa shape index (κ2) is 7.59. The number of carbonyl (C=O) groups is 1. The number of β-amino-alcohol motifs (C(OH)–C–C–N with tert-alkyl or cyclic N) is 1. The molecule has 1 atom stereocenters. The number of hydrogen-bond acceptors (Lipinski definition) is 4. The van der Waals surface area contributed by atoms with Crippen LogP contribution < -0.4 is 0 Å². The van der Waals surface area contributed by atoms with E-state index in [0.29, 0.717) is 26.2 Å². The first-order valence-electron chi connectivity index (χ1n) is 8.37. The van der Waals surface area contributed by atoms with Gasteiger partial charge in [-0.15, -0.1) is 0 Å². The lowest BCUT2D eigenvalue weighted by Gasteiger charge is -2.35. The third kappa shape index (κ3) is 4.01. The molecule has 3 rings (SSSR count). The molecule has 0 bridgehead atoms. The molecule has 2 aromatic heterocycles. The second-order valence-corrected chi connectivity index (χ2v) is 6.32. The Bertz CT molecular complexity index is 661. The Labute approximate surface area is 142 Å². The summed E-state index contributed by atoms with van der Waals surface area (Å²) in [6.45, 7) is 6.14. The maximum atomic E-state index is 12.8. The van der Waals surface area contributed by atoms with Gasteiger partial charge in [-0.25, -0.2) is 0 Å². The van der Waals surface area contributed by atoms with E-state index in [-0.39, 0.29) is 12.0 Å². The number of amides is 1. The molecule has 1 aliphatic rings. The Morgan fingerprint density at radius 2 is 1.92 bits per heavy atom. The summed E-state index contributed by atoms with van der Waals surface area (Å²) in [6.07, 6.45) is 5.14. The van der Waals surface area contributed by atoms with E-state index in [9.17, 15) is 9.90 Å². The van der Waals surface area contributed by atoms with Crippen molar-refractivity contribution in [3.63, 3.8) is 0 Å². The molecule has 3 heterocycles. The zero-order chi connectivity index (χ0) is 16.9. The van der Waals surface area contributed by atoms with Crippen molar-refractivity contribution in [3.05, 3.63) is 54.1 Å². The molecule has 1 unspecified atom stereocenters. The molecule has 1 fully saturated rings. The number of pyridine rings is 1. The number of aliphatic hydroxyl groups is 1. The summed E-state index contributed by atoms with van der Waals surface area (Å²) < 4.78 is 1.99. The minimum atomic E-state index is -0.329.